The molecule has 0 radical (unpaired) electrons. The zero-order valence-corrected chi connectivity index (χ0v) is 12.8. The third-order valence-electron chi connectivity index (χ3n) is 3.38. The maximum absolute atomic E-state index is 5.89. The van der Waals surface area contributed by atoms with Gasteiger partial charge in [0.15, 0.2) is 5.75 Å². The molecule has 0 aliphatic heterocycles. The lowest BCUT2D eigenvalue weighted by Gasteiger charge is -2.12. The van der Waals surface area contributed by atoms with Gasteiger partial charge in [-0.2, -0.15) is 5.10 Å². The van der Waals surface area contributed by atoms with Crippen LogP contribution in [-0.4, -0.2) is 21.3 Å². The number of nitrogens with one attached hydrogen (secondary N) is 1. The van der Waals surface area contributed by atoms with Crippen LogP contribution in [0.1, 0.15) is 37.0 Å². The first-order valence-corrected chi connectivity index (χ1v) is 6.90. The van der Waals surface area contributed by atoms with Crippen molar-refractivity contribution in [2.75, 3.05) is 6.54 Å². The second kappa shape index (κ2) is 6.05. The molecule has 0 aliphatic rings. The predicted octanol–water partition coefficient (Wildman–Crippen LogP) is 2.89. The number of aryl methyl sites for hydroxylation is 2. The van der Waals surface area contributed by atoms with Crippen molar-refractivity contribution in [1.29, 1.82) is 0 Å². The van der Waals surface area contributed by atoms with Crippen LogP contribution in [0.2, 0.25) is 0 Å². The second-order valence-corrected chi connectivity index (χ2v) is 4.92. The third kappa shape index (κ3) is 2.99. The van der Waals surface area contributed by atoms with Gasteiger partial charge in [-0.15, -0.1) is 0 Å². The van der Waals surface area contributed by atoms with Gasteiger partial charge in [0.25, 0.3) is 0 Å². The summed E-state index contributed by atoms with van der Waals surface area (Å²) in [6, 6.07) is 4.18. The van der Waals surface area contributed by atoms with Crippen LogP contribution in [0, 0.1) is 13.8 Å². The molecule has 5 nitrogen and oxygen atoms in total. The Labute approximate surface area is 120 Å². The molecule has 0 amide bonds. The molecule has 2 rings (SSSR count). The second-order valence-electron chi connectivity index (χ2n) is 4.92. The fourth-order valence-electron chi connectivity index (χ4n) is 2.14. The maximum atomic E-state index is 5.89. The van der Waals surface area contributed by atoms with Gasteiger partial charge in [-0.3, -0.25) is 9.67 Å². The number of hydrogen-bond acceptors (Lipinski definition) is 4. The van der Waals surface area contributed by atoms with Crippen molar-refractivity contribution in [3.63, 3.8) is 0 Å². The molecule has 5 heteroatoms. The molecule has 0 aliphatic carbocycles. The van der Waals surface area contributed by atoms with Crippen molar-refractivity contribution >= 4 is 0 Å². The van der Waals surface area contributed by atoms with Gasteiger partial charge in [-0.1, -0.05) is 6.92 Å². The molecule has 2 aromatic heterocycles. The van der Waals surface area contributed by atoms with Crippen LogP contribution < -0.4 is 10.1 Å². The topological polar surface area (TPSA) is 52.0 Å². The van der Waals surface area contributed by atoms with Gasteiger partial charge in [-0.05, 0) is 39.4 Å². The Bertz CT molecular complexity index is 574. The van der Waals surface area contributed by atoms with Gasteiger partial charge in [-0.25, -0.2) is 0 Å². The summed E-state index contributed by atoms with van der Waals surface area (Å²) in [5, 5.41) is 7.67. The Kier molecular flexibility index (Phi) is 4.39. The van der Waals surface area contributed by atoms with E-state index in [2.05, 4.69) is 29.2 Å². The number of hydrogen-bond donors (Lipinski definition) is 1. The van der Waals surface area contributed by atoms with Crippen LogP contribution in [0.15, 0.2) is 18.3 Å². The normalized spacial score (nSPS) is 12.4. The van der Waals surface area contributed by atoms with E-state index in [1.165, 1.54) is 0 Å². The number of aromatic nitrogens is 3. The predicted molar refractivity (Wildman–Crippen MR) is 79.1 cm³/mol. The first-order valence-electron chi connectivity index (χ1n) is 6.90. The summed E-state index contributed by atoms with van der Waals surface area (Å²) in [5.74, 6) is 1.54. The Morgan fingerprint density at radius 3 is 2.60 bits per heavy atom. The molecule has 2 aromatic rings. The minimum Gasteiger partial charge on any atom is -0.452 e. The van der Waals surface area contributed by atoms with E-state index in [0.29, 0.717) is 0 Å². The SMILES string of the molecule is CCNC(C)c1ccc(Oc2c(C)nn(C)c2C)cn1. The molecule has 0 saturated heterocycles. The zero-order valence-electron chi connectivity index (χ0n) is 12.8. The van der Waals surface area contributed by atoms with Gasteiger partial charge in [0.2, 0.25) is 0 Å². The summed E-state index contributed by atoms with van der Waals surface area (Å²) in [6.45, 7) is 9.04. The van der Waals surface area contributed by atoms with Gasteiger partial charge < -0.3 is 10.1 Å². The van der Waals surface area contributed by atoms with Crippen molar-refractivity contribution in [2.45, 2.75) is 33.7 Å². The molecule has 0 spiro atoms. The van der Waals surface area contributed by atoms with Crippen LogP contribution in [0.5, 0.6) is 11.5 Å². The third-order valence-corrected chi connectivity index (χ3v) is 3.38. The van der Waals surface area contributed by atoms with E-state index in [1.54, 1.807) is 6.20 Å². The van der Waals surface area contributed by atoms with Crippen LogP contribution in [0.25, 0.3) is 0 Å². The van der Waals surface area contributed by atoms with E-state index < -0.39 is 0 Å². The fraction of sp³-hybridized carbons (Fsp3) is 0.467. The highest BCUT2D eigenvalue weighted by molar-refractivity contribution is 5.36. The molecule has 1 unspecified atom stereocenters. The van der Waals surface area contributed by atoms with Crippen molar-refractivity contribution in [1.82, 2.24) is 20.1 Å². The van der Waals surface area contributed by atoms with E-state index in [9.17, 15) is 0 Å². The molecule has 0 saturated carbocycles. The summed E-state index contributed by atoms with van der Waals surface area (Å²) in [6.07, 6.45) is 1.76. The summed E-state index contributed by atoms with van der Waals surface area (Å²) < 4.78 is 7.71. The highest BCUT2D eigenvalue weighted by atomic mass is 16.5. The quantitative estimate of drug-likeness (QED) is 0.911. The highest BCUT2D eigenvalue weighted by Crippen LogP contribution is 2.27. The first kappa shape index (κ1) is 14.5. The van der Waals surface area contributed by atoms with Crippen LogP contribution in [0.3, 0.4) is 0 Å². The summed E-state index contributed by atoms with van der Waals surface area (Å²) in [4.78, 5) is 4.44. The minimum absolute atomic E-state index is 0.246. The van der Waals surface area contributed by atoms with Crippen LogP contribution in [0.4, 0.5) is 0 Å². The van der Waals surface area contributed by atoms with Gasteiger partial charge in [0.1, 0.15) is 11.4 Å². The lowest BCUT2D eigenvalue weighted by atomic mass is 10.2. The molecule has 0 bridgehead atoms. The molecular formula is C15H22N4O. The molecule has 1 N–H and O–H groups in total. The minimum atomic E-state index is 0.246. The first-order chi connectivity index (χ1) is 9.52. The number of nitrogens with zero attached hydrogens (tertiary/aromatic N) is 3. The standard InChI is InChI=1S/C15H22N4O/c1-6-16-10(2)14-8-7-13(9-17-14)20-15-11(3)18-19(5)12(15)4/h7-10,16H,6H2,1-5H3. The highest BCUT2D eigenvalue weighted by Gasteiger charge is 2.12. The number of ether oxygens (including phenoxy) is 1. The average Bonchev–Trinajstić information content (AvgIpc) is 2.66. The fourth-order valence-corrected chi connectivity index (χ4v) is 2.14. The molecule has 2 heterocycles. The van der Waals surface area contributed by atoms with E-state index in [4.69, 9.17) is 4.74 Å². The molecule has 1 atom stereocenters. The van der Waals surface area contributed by atoms with Crippen LogP contribution in [-0.2, 0) is 7.05 Å². The van der Waals surface area contributed by atoms with Crippen molar-refractivity contribution in [3.8, 4) is 11.5 Å². The number of rotatable bonds is 5. The lowest BCUT2D eigenvalue weighted by molar-refractivity contribution is 0.470. The van der Waals surface area contributed by atoms with Gasteiger partial charge >= 0.3 is 0 Å². The summed E-state index contributed by atoms with van der Waals surface area (Å²) in [5.41, 5.74) is 2.90. The molecule has 108 valence electrons. The number of pyridine rings is 1. The summed E-state index contributed by atoms with van der Waals surface area (Å²) >= 11 is 0. The Morgan fingerprint density at radius 2 is 2.10 bits per heavy atom. The molecule has 0 fully saturated rings. The monoisotopic (exact) mass is 274 g/mol. The maximum Gasteiger partial charge on any atom is 0.171 e. The Hall–Kier alpha value is -1.88. The molecule has 0 aromatic carbocycles. The van der Waals surface area contributed by atoms with E-state index >= 15 is 0 Å². The Morgan fingerprint density at radius 1 is 1.35 bits per heavy atom. The molecule has 20 heavy (non-hydrogen) atoms. The largest absolute Gasteiger partial charge is 0.452 e. The van der Waals surface area contributed by atoms with E-state index in [0.717, 1.165) is 35.1 Å². The summed E-state index contributed by atoms with van der Waals surface area (Å²) in [7, 11) is 1.91. The molecular weight excluding hydrogens is 252 g/mol. The average molecular weight is 274 g/mol. The van der Waals surface area contributed by atoms with Crippen LogP contribution >= 0.6 is 0 Å². The van der Waals surface area contributed by atoms with Crippen molar-refractivity contribution in [2.24, 2.45) is 7.05 Å². The van der Waals surface area contributed by atoms with Crippen molar-refractivity contribution < 1.29 is 4.74 Å². The van der Waals surface area contributed by atoms with E-state index in [-0.39, 0.29) is 6.04 Å². The van der Waals surface area contributed by atoms with Crippen molar-refractivity contribution in [3.05, 3.63) is 35.4 Å². The zero-order chi connectivity index (χ0) is 14.7. The van der Waals surface area contributed by atoms with Gasteiger partial charge in [0.05, 0.1) is 17.6 Å². The smallest absolute Gasteiger partial charge is 0.171 e. The van der Waals surface area contributed by atoms with Gasteiger partial charge in [0, 0.05) is 13.1 Å². The Balaban J connectivity index is 2.15. The lowest BCUT2D eigenvalue weighted by Crippen LogP contribution is -2.18. The van der Waals surface area contributed by atoms with E-state index in [1.807, 2.05) is 37.7 Å².